The van der Waals surface area contributed by atoms with Crippen LogP contribution in [0, 0.1) is 0 Å². The number of nitrogens with one attached hydrogen (secondary N) is 1. The van der Waals surface area contributed by atoms with E-state index in [1.807, 2.05) is 23.5 Å². The molecule has 0 unspecified atom stereocenters. The lowest BCUT2D eigenvalue weighted by Gasteiger charge is -2.27. The molecule has 0 atom stereocenters. The summed E-state index contributed by atoms with van der Waals surface area (Å²) in [6.45, 7) is 2.20. The summed E-state index contributed by atoms with van der Waals surface area (Å²) in [5, 5.41) is 0. The summed E-state index contributed by atoms with van der Waals surface area (Å²) < 4.78 is 2.08. The molecule has 5 nitrogen and oxygen atoms in total. The van der Waals surface area contributed by atoms with Crippen LogP contribution >= 0.6 is 0 Å². The molecule has 0 bridgehead atoms. The molecule has 0 radical (unpaired) electrons. The van der Waals surface area contributed by atoms with Crippen LogP contribution < -0.4 is 0 Å². The quantitative estimate of drug-likeness (QED) is 0.769. The number of aromatic nitrogens is 3. The first-order valence-corrected chi connectivity index (χ1v) is 5.26. The van der Waals surface area contributed by atoms with Crippen LogP contribution in [-0.4, -0.2) is 31.9 Å². The summed E-state index contributed by atoms with van der Waals surface area (Å²) >= 11 is 0. The summed E-state index contributed by atoms with van der Waals surface area (Å²) in [4.78, 5) is 20.9. The molecule has 2 aromatic heterocycles. The van der Waals surface area contributed by atoms with Gasteiger partial charge in [-0.15, -0.1) is 0 Å². The number of fused-ring (bicyclic) bond motifs is 1. The minimum Gasteiger partial charge on any atom is -0.357 e. The lowest BCUT2D eigenvalue weighted by Crippen LogP contribution is -2.38. The Hall–Kier alpha value is -2.04. The highest BCUT2D eigenvalue weighted by atomic mass is 16.2. The SMILES string of the molecule is O=C(c1ccc[nH]1)N1CCn2cncc2C1. The van der Waals surface area contributed by atoms with Crippen molar-refractivity contribution in [1.29, 1.82) is 0 Å². The molecule has 0 spiro atoms. The number of amides is 1. The smallest absolute Gasteiger partial charge is 0.270 e. The number of nitrogens with zero attached hydrogens (tertiary/aromatic N) is 3. The summed E-state index contributed by atoms with van der Waals surface area (Å²) in [5.74, 6) is 0.0532. The molecule has 0 saturated heterocycles. The first-order valence-electron chi connectivity index (χ1n) is 5.26. The topological polar surface area (TPSA) is 53.9 Å². The molecule has 82 valence electrons. The van der Waals surface area contributed by atoms with Gasteiger partial charge in [-0.25, -0.2) is 4.98 Å². The van der Waals surface area contributed by atoms with Crippen molar-refractivity contribution >= 4 is 5.91 Å². The van der Waals surface area contributed by atoms with Gasteiger partial charge in [-0.1, -0.05) is 0 Å². The molecule has 3 rings (SSSR count). The monoisotopic (exact) mass is 216 g/mol. The number of H-pyrrole nitrogens is 1. The van der Waals surface area contributed by atoms with E-state index < -0.39 is 0 Å². The standard InChI is InChI=1S/C11H12N4O/c16-11(10-2-1-3-13-10)14-4-5-15-8-12-6-9(15)7-14/h1-3,6,8,13H,4-5,7H2. The van der Waals surface area contributed by atoms with Crippen molar-refractivity contribution < 1.29 is 4.79 Å². The zero-order chi connectivity index (χ0) is 11.0. The van der Waals surface area contributed by atoms with E-state index in [9.17, 15) is 4.79 Å². The van der Waals surface area contributed by atoms with Crippen LogP contribution in [0.1, 0.15) is 16.2 Å². The zero-order valence-corrected chi connectivity index (χ0v) is 8.76. The van der Waals surface area contributed by atoms with E-state index >= 15 is 0 Å². The molecular formula is C11H12N4O. The largest absolute Gasteiger partial charge is 0.357 e. The minimum atomic E-state index is 0.0532. The highest BCUT2D eigenvalue weighted by Gasteiger charge is 2.21. The third-order valence-corrected chi connectivity index (χ3v) is 2.88. The maximum absolute atomic E-state index is 12.1. The van der Waals surface area contributed by atoms with Gasteiger partial charge in [-0.05, 0) is 12.1 Å². The van der Waals surface area contributed by atoms with Gasteiger partial charge >= 0.3 is 0 Å². The molecule has 1 N–H and O–H groups in total. The molecule has 1 aliphatic heterocycles. The van der Waals surface area contributed by atoms with Crippen molar-refractivity contribution in [2.24, 2.45) is 0 Å². The molecule has 0 aromatic carbocycles. The van der Waals surface area contributed by atoms with Gasteiger partial charge in [0, 0.05) is 25.5 Å². The van der Waals surface area contributed by atoms with Gasteiger partial charge in [0.2, 0.25) is 0 Å². The summed E-state index contributed by atoms with van der Waals surface area (Å²) in [6, 6.07) is 3.63. The number of imidazole rings is 1. The van der Waals surface area contributed by atoms with Crippen molar-refractivity contribution in [3.8, 4) is 0 Å². The number of hydrogen-bond acceptors (Lipinski definition) is 2. The fourth-order valence-electron chi connectivity index (χ4n) is 1.99. The maximum atomic E-state index is 12.1. The van der Waals surface area contributed by atoms with Crippen LogP contribution in [0.4, 0.5) is 0 Å². The third kappa shape index (κ3) is 1.41. The second kappa shape index (κ2) is 3.52. The lowest BCUT2D eigenvalue weighted by atomic mass is 10.3. The van der Waals surface area contributed by atoms with Crippen LogP contribution in [0.5, 0.6) is 0 Å². The number of aromatic amines is 1. The number of carbonyl (C=O) groups is 1. The van der Waals surface area contributed by atoms with Gasteiger partial charge in [0.15, 0.2) is 0 Å². The van der Waals surface area contributed by atoms with E-state index in [-0.39, 0.29) is 5.91 Å². The van der Waals surface area contributed by atoms with Crippen LogP contribution in [0.15, 0.2) is 30.9 Å². The second-order valence-corrected chi connectivity index (χ2v) is 3.89. The highest BCUT2D eigenvalue weighted by molar-refractivity contribution is 5.92. The van der Waals surface area contributed by atoms with E-state index in [0.29, 0.717) is 12.2 Å². The molecule has 0 saturated carbocycles. The fourth-order valence-corrected chi connectivity index (χ4v) is 1.99. The van der Waals surface area contributed by atoms with Crippen LogP contribution in [0.3, 0.4) is 0 Å². The van der Waals surface area contributed by atoms with Gasteiger partial charge in [0.05, 0.1) is 18.6 Å². The van der Waals surface area contributed by atoms with Gasteiger partial charge < -0.3 is 14.5 Å². The Morgan fingerprint density at radius 2 is 2.38 bits per heavy atom. The summed E-state index contributed by atoms with van der Waals surface area (Å²) in [5.41, 5.74) is 1.74. The Kier molecular flexibility index (Phi) is 2.02. The first kappa shape index (κ1) is 9.21. The Bertz CT molecular complexity index is 500. The average Bonchev–Trinajstić information content (AvgIpc) is 2.98. The van der Waals surface area contributed by atoms with Crippen molar-refractivity contribution in [3.05, 3.63) is 42.2 Å². The Morgan fingerprint density at radius 1 is 1.44 bits per heavy atom. The molecule has 3 heterocycles. The van der Waals surface area contributed by atoms with Crippen LogP contribution in [0.2, 0.25) is 0 Å². The highest BCUT2D eigenvalue weighted by Crippen LogP contribution is 2.13. The van der Waals surface area contributed by atoms with E-state index in [2.05, 4.69) is 14.5 Å². The van der Waals surface area contributed by atoms with E-state index in [1.165, 1.54) is 0 Å². The maximum Gasteiger partial charge on any atom is 0.270 e. The van der Waals surface area contributed by atoms with Crippen molar-refractivity contribution in [2.45, 2.75) is 13.1 Å². The van der Waals surface area contributed by atoms with Gasteiger partial charge in [0.1, 0.15) is 5.69 Å². The van der Waals surface area contributed by atoms with E-state index in [0.717, 1.165) is 18.8 Å². The summed E-state index contributed by atoms with van der Waals surface area (Å²) in [7, 11) is 0. The molecule has 5 heteroatoms. The third-order valence-electron chi connectivity index (χ3n) is 2.88. The van der Waals surface area contributed by atoms with Gasteiger partial charge in [0.25, 0.3) is 5.91 Å². The van der Waals surface area contributed by atoms with E-state index in [1.54, 1.807) is 12.3 Å². The van der Waals surface area contributed by atoms with E-state index in [4.69, 9.17) is 0 Å². The molecule has 0 aliphatic carbocycles. The molecule has 1 amide bonds. The Morgan fingerprint density at radius 3 is 3.19 bits per heavy atom. The summed E-state index contributed by atoms with van der Waals surface area (Å²) in [6.07, 6.45) is 5.39. The van der Waals surface area contributed by atoms with Gasteiger partial charge in [-0.3, -0.25) is 4.79 Å². The van der Waals surface area contributed by atoms with Crippen molar-refractivity contribution in [3.63, 3.8) is 0 Å². The van der Waals surface area contributed by atoms with Crippen LogP contribution in [0.25, 0.3) is 0 Å². The zero-order valence-electron chi connectivity index (χ0n) is 8.76. The molecular weight excluding hydrogens is 204 g/mol. The van der Waals surface area contributed by atoms with Crippen molar-refractivity contribution in [1.82, 2.24) is 19.4 Å². The molecule has 0 fully saturated rings. The number of rotatable bonds is 1. The molecule has 16 heavy (non-hydrogen) atoms. The minimum absolute atomic E-state index is 0.0532. The predicted molar refractivity (Wildman–Crippen MR) is 57.8 cm³/mol. The van der Waals surface area contributed by atoms with Gasteiger partial charge in [-0.2, -0.15) is 0 Å². The molecule has 1 aliphatic rings. The van der Waals surface area contributed by atoms with Crippen molar-refractivity contribution in [2.75, 3.05) is 6.54 Å². The molecule has 2 aromatic rings. The Balaban J connectivity index is 1.81. The number of carbonyl (C=O) groups excluding carboxylic acids is 1. The normalized spacial score (nSPS) is 14.9. The first-order chi connectivity index (χ1) is 7.84. The Labute approximate surface area is 92.7 Å². The van der Waals surface area contributed by atoms with Crippen LogP contribution in [-0.2, 0) is 13.1 Å². The average molecular weight is 216 g/mol. The predicted octanol–water partition coefficient (Wildman–Crippen LogP) is 0.867. The fraction of sp³-hybridized carbons (Fsp3) is 0.273. The number of hydrogen-bond donors (Lipinski definition) is 1. The second-order valence-electron chi connectivity index (χ2n) is 3.89. The lowest BCUT2D eigenvalue weighted by molar-refractivity contribution is 0.0706.